The highest BCUT2D eigenvalue weighted by atomic mass is 32.1. The lowest BCUT2D eigenvalue weighted by Crippen LogP contribution is -2.45. The van der Waals surface area contributed by atoms with Crippen molar-refractivity contribution in [3.63, 3.8) is 0 Å². The van der Waals surface area contributed by atoms with Gasteiger partial charge in [0.05, 0.1) is 6.54 Å². The Morgan fingerprint density at radius 1 is 1.24 bits per heavy atom. The molecule has 0 bridgehead atoms. The molecule has 158 valence electrons. The predicted molar refractivity (Wildman–Crippen MR) is 123 cm³/mol. The summed E-state index contributed by atoms with van der Waals surface area (Å²) >= 11 is 1.86. The van der Waals surface area contributed by atoms with E-state index in [4.69, 9.17) is 9.73 Å². The number of thiophene rings is 1. The highest BCUT2D eigenvalue weighted by Gasteiger charge is 2.31. The second-order valence-corrected chi connectivity index (χ2v) is 8.56. The lowest BCUT2D eigenvalue weighted by atomic mass is 9.88. The number of hydrogen-bond donors (Lipinski definition) is 2. The van der Waals surface area contributed by atoms with Crippen LogP contribution in [0, 0.1) is 5.92 Å². The summed E-state index contributed by atoms with van der Waals surface area (Å²) in [6.45, 7) is 5.62. The van der Waals surface area contributed by atoms with Gasteiger partial charge in [0.2, 0.25) is 0 Å². The minimum Gasteiger partial charge on any atom is -0.375 e. The van der Waals surface area contributed by atoms with E-state index < -0.39 is 0 Å². The van der Waals surface area contributed by atoms with Crippen molar-refractivity contribution in [1.29, 1.82) is 0 Å². The first kappa shape index (κ1) is 21.8. The van der Waals surface area contributed by atoms with Crippen molar-refractivity contribution >= 4 is 17.3 Å². The summed E-state index contributed by atoms with van der Waals surface area (Å²) in [6, 6.07) is 15.2. The molecule has 1 aromatic carbocycles. The van der Waals surface area contributed by atoms with Gasteiger partial charge in [0.25, 0.3) is 0 Å². The molecule has 3 rings (SSSR count). The molecule has 2 aromatic rings. The Labute approximate surface area is 179 Å². The topological polar surface area (TPSA) is 48.9 Å². The maximum Gasteiger partial charge on any atom is 0.191 e. The molecule has 1 fully saturated rings. The molecule has 0 radical (unpaired) electrons. The van der Waals surface area contributed by atoms with Crippen molar-refractivity contribution in [2.45, 2.75) is 31.9 Å². The molecule has 6 heteroatoms. The molecule has 3 unspecified atom stereocenters. The van der Waals surface area contributed by atoms with Gasteiger partial charge in [-0.05, 0) is 56.3 Å². The molecule has 0 saturated carbocycles. The van der Waals surface area contributed by atoms with Crippen LogP contribution >= 0.6 is 11.3 Å². The van der Waals surface area contributed by atoms with Gasteiger partial charge in [-0.25, -0.2) is 0 Å². The standard InChI is InChI=1S/C23H34N4OS/c1-4-24-23(26-17-20(28-3)18-10-6-5-7-11-18)25-16-19-12-8-14-27(2)22(19)21-13-9-15-29-21/h5-7,9-11,13,15,19-20,22H,4,8,12,14,16-17H2,1-3H3,(H2,24,25,26). The third kappa shape index (κ3) is 6.04. The first-order chi connectivity index (χ1) is 14.2. The minimum atomic E-state index is -0.0358. The zero-order valence-electron chi connectivity index (χ0n) is 17.8. The normalized spacial score (nSPS) is 21.7. The molecule has 1 aliphatic rings. The minimum absolute atomic E-state index is 0.0358. The smallest absolute Gasteiger partial charge is 0.191 e. The number of guanidine groups is 1. The summed E-state index contributed by atoms with van der Waals surface area (Å²) < 4.78 is 5.67. The van der Waals surface area contributed by atoms with Gasteiger partial charge in [0.1, 0.15) is 6.10 Å². The van der Waals surface area contributed by atoms with Crippen molar-refractivity contribution in [2.24, 2.45) is 10.9 Å². The first-order valence-electron chi connectivity index (χ1n) is 10.6. The third-order valence-corrected chi connectivity index (χ3v) is 6.53. The summed E-state index contributed by atoms with van der Waals surface area (Å²) in [5.41, 5.74) is 1.15. The average Bonchev–Trinajstić information content (AvgIpc) is 3.27. The zero-order valence-corrected chi connectivity index (χ0v) is 18.6. The predicted octanol–water partition coefficient (Wildman–Crippen LogP) is 4.07. The van der Waals surface area contributed by atoms with Crippen LogP contribution in [0.3, 0.4) is 0 Å². The SMILES string of the molecule is CCNC(=NCC(OC)c1ccccc1)NCC1CCCN(C)C1c1cccs1. The number of rotatable bonds is 8. The van der Waals surface area contributed by atoms with Gasteiger partial charge < -0.3 is 15.4 Å². The molecule has 0 amide bonds. The van der Waals surface area contributed by atoms with E-state index in [1.54, 1.807) is 7.11 Å². The van der Waals surface area contributed by atoms with E-state index in [1.807, 2.05) is 29.5 Å². The Balaban J connectivity index is 1.64. The molecule has 0 aliphatic carbocycles. The van der Waals surface area contributed by atoms with E-state index in [1.165, 1.54) is 24.3 Å². The van der Waals surface area contributed by atoms with Crippen molar-refractivity contribution in [3.05, 3.63) is 58.3 Å². The van der Waals surface area contributed by atoms with Crippen molar-refractivity contribution in [1.82, 2.24) is 15.5 Å². The summed E-state index contributed by atoms with van der Waals surface area (Å²) in [5, 5.41) is 9.16. The fraction of sp³-hybridized carbons (Fsp3) is 0.522. The highest BCUT2D eigenvalue weighted by Crippen LogP contribution is 2.36. The molecule has 0 spiro atoms. The molecule has 1 aromatic heterocycles. The number of nitrogens with zero attached hydrogens (tertiary/aromatic N) is 2. The Hall–Kier alpha value is -1.89. The van der Waals surface area contributed by atoms with Gasteiger partial charge in [-0.1, -0.05) is 36.4 Å². The van der Waals surface area contributed by atoms with Gasteiger partial charge in [-0.2, -0.15) is 0 Å². The van der Waals surface area contributed by atoms with Gasteiger partial charge in [0, 0.05) is 31.1 Å². The van der Waals surface area contributed by atoms with E-state index in [0.717, 1.165) is 24.6 Å². The van der Waals surface area contributed by atoms with Crippen LogP contribution in [0.2, 0.25) is 0 Å². The lowest BCUT2D eigenvalue weighted by Gasteiger charge is -2.39. The molecule has 3 atom stereocenters. The zero-order chi connectivity index (χ0) is 20.5. The van der Waals surface area contributed by atoms with Gasteiger partial charge in [0.15, 0.2) is 5.96 Å². The van der Waals surface area contributed by atoms with E-state index in [9.17, 15) is 0 Å². The number of ether oxygens (including phenoxy) is 1. The quantitative estimate of drug-likeness (QED) is 0.505. The largest absolute Gasteiger partial charge is 0.375 e. The molecule has 1 saturated heterocycles. The van der Waals surface area contributed by atoms with E-state index in [0.29, 0.717) is 18.5 Å². The van der Waals surface area contributed by atoms with Crippen LogP contribution < -0.4 is 10.6 Å². The Morgan fingerprint density at radius 2 is 2.07 bits per heavy atom. The van der Waals surface area contributed by atoms with Crippen LogP contribution in [-0.2, 0) is 4.74 Å². The van der Waals surface area contributed by atoms with Crippen LogP contribution in [0.25, 0.3) is 0 Å². The number of likely N-dealkylation sites (tertiary alicyclic amines) is 1. The Bertz CT molecular complexity index is 735. The fourth-order valence-corrected chi connectivity index (χ4v) is 5.09. The number of piperidine rings is 1. The summed E-state index contributed by atoms with van der Waals surface area (Å²) in [6.07, 6.45) is 2.45. The highest BCUT2D eigenvalue weighted by molar-refractivity contribution is 7.10. The van der Waals surface area contributed by atoms with Crippen molar-refractivity contribution in [3.8, 4) is 0 Å². The summed E-state index contributed by atoms with van der Waals surface area (Å²) in [4.78, 5) is 8.78. The molecule has 5 nitrogen and oxygen atoms in total. The van der Waals surface area contributed by atoms with Gasteiger partial charge in [-0.3, -0.25) is 9.89 Å². The van der Waals surface area contributed by atoms with E-state index in [2.05, 4.69) is 59.2 Å². The van der Waals surface area contributed by atoms with Crippen LogP contribution in [0.1, 0.15) is 42.4 Å². The second kappa shape index (κ2) is 11.3. The number of nitrogens with one attached hydrogen (secondary N) is 2. The van der Waals surface area contributed by atoms with Crippen LogP contribution in [0.4, 0.5) is 0 Å². The summed E-state index contributed by atoms with van der Waals surface area (Å²) in [5.74, 6) is 1.44. The van der Waals surface area contributed by atoms with Crippen LogP contribution in [0.5, 0.6) is 0 Å². The first-order valence-corrected chi connectivity index (χ1v) is 11.4. The maximum atomic E-state index is 5.67. The lowest BCUT2D eigenvalue weighted by molar-refractivity contribution is 0.110. The Kier molecular flexibility index (Phi) is 8.52. The van der Waals surface area contributed by atoms with Crippen LogP contribution in [0.15, 0.2) is 52.8 Å². The number of hydrogen-bond acceptors (Lipinski definition) is 4. The third-order valence-electron chi connectivity index (χ3n) is 5.59. The molecule has 29 heavy (non-hydrogen) atoms. The molecule has 1 aliphatic heterocycles. The van der Waals surface area contributed by atoms with Gasteiger partial charge in [-0.15, -0.1) is 11.3 Å². The molecule has 2 N–H and O–H groups in total. The fourth-order valence-electron chi connectivity index (χ4n) is 4.11. The monoisotopic (exact) mass is 414 g/mol. The van der Waals surface area contributed by atoms with E-state index in [-0.39, 0.29) is 6.10 Å². The molecular weight excluding hydrogens is 380 g/mol. The number of methoxy groups -OCH3 is 1. The second-order valence-electron chi connectivity index (χ2n) is 7.58. The molecule has 2 heterocycles. The Morgan fingerprint density at radius 3 is 2.76 bits per heavy atom. The van der Waals surface area contributed by atoms with Crippen molar-refractivity contribution < 1.29 is 4.74 Å². The molecular formula is C23H34N4OS. The number of benzene rings is 1. The number of aliphatic imine (C=N–C) groups is 1. The van der Waals surface area contributed by atoms with E-state index >= 15 is 0 Å². The van der Waals surface area contributed by atoms with Crippen LogP contribution in [-0.4, -0.2) is 51.2 Å². The average molecular weight is 415 g/mol. The maximum absolute atomic E-state index is 5.67. The van der Waals surface area contributed by atoms with Crippen molar-refractivity contribution in [2.75, 3.05) is 40.3 Å². The van der Waals surface area contributed by atoms with Gasteiger partial charge >= 0.3 is 0 Å². The summed E-state index contributed by atoms with van der Waals surface area (Å²) in [7, 11) is 4.00.